The lowest BCUT2D eigenvalue weighted by atomic mass is 10.2. The number of fused-ring (bicyclic) bond motifs is 2. The van der Waals surface area contributed by atoms with Crippen molar-refractivity contribution in [3.05, 3.63) is 47.7 Å². The van der Waals surface area contributed by atoms with Crippen LogP contribution >= 0.6 is 11.3 Å². The van der Waals surface area contributed by atoms with Gasteiger partial charge in [0, 0.05) is 38.1 Å². The fraction of sp³-hybridized carbons (Fsp3) is 0.278. The standard InChI is InChI=1S/C18H17N5OS/c1-2-4-16-13(3-1)15(21-24-16)11-22-6-8-23(9-7-22)17-14-5-10-25-18(14)20-12-19-17/h1-5,10,12H,6-9,11H2. The Morgan fingerprint density at radius 2 is 1.88 bits per heavy atom. The van der Waals surface area contributed by atoms with Crippen LogP contribution in [0.15, 0.2) is 46.6 Å². The molecule has 0 unspecified atom stereocenters. The van der Waals surface area contributed by atoms with E-state index in [9.17, 15) is 0 Å². The summed E-state index contributed by atoms with van der Waals surface area (Å²) in [5.41, 5.74) is 1.88. The van der Waals surface area contributed by atoms with Gasteiger partial charge in [-0.2, -0.15) is 0 Å². The van der Waals surface area contributed by atoms with Crippen LogP contribution < -0.4 is 4.90 Å². The average Bonchev–Trinajstić information content (AvgIpc) is 3.29. The Balaban J connectivity index is 1.31. The van der Waals surface area contributed by atoms with Gasteiger partial charge in [-0.05, 0) is 23.6 Å². The number of aromatic nitrogens is 3. The average molecular weight is 351 g/mol. The van der Waals surface area contributed by atoms with Crippen LogP contribution in [0.2, 0.25) is 0 Å². The van der Waals surface area contributed by atoms with Crippen molar-refractivity contribution in [2.24, 2.45) is 0 Å². The summed E-state index contributed by atoms with van der Waals surface area (Å²) in [7, 11) is 0. The highest BCUT2D eigenvalue weighted by atomic mass is 32.1. The molecule has 126 valence electrons. The molecule has 0 saturated carbocycles. The minimum absolute atomic E-state index is 0.822. The molecule has 0 atom stereocenters. The van der Waals surface area contributed by atoms with E-state index in [0.717, 1.165) is 65.4 Å². The van der Waals surface area contributed by atoms with E-state index in [2.05, 4.69) is 42.4 Å². The third-order valence-corrected chi connectivity index (χ3v) is 5.56. The first-order valence-corrected chi connectivity index (χ1v) is 9.25. The zero-order valence-corrected chi connectivity index (χ0v) is 14.4. The molecule has 0 bridgehead atoms. The van der Waals surface area contributed by atoms with Crippen LogP contribution in [0.4, 0.5) is 5.82 Å². The van der Waals surface area contributed by atoms with Crippen LogP contribution in [0.25, 0.3) is 21.2 Å². The van der Waals surface area contributed by atoms with E-state index in [4.69, 9.17) is 4.52 Å². The third kappa shape index (κ3) is 2.65. The number of piperazine rings is 1. The number of hydrogen-bond acceptors (Lipinski definition) is 7. The topological polar surface area (TPSA) is 58.3 Å². The fourth-order valence-electron chi connectivity index (χ4n) is 3.41. The lowest BCUT2D eigenvalue weighted by molar-refractivity contribution is 0.243. The van der Waals surface area contributed by atoms with Crippen molar-refractivity contribution in [3.63, 3.8) is 0 Å². The predicted octanol–water partition coefficient (Wildman–Crippen LogP) is 3.15. The van der Waals surface area contributed by atoms with Gasteiger partial charge in [-0.1, -0.05) is 17.3 Å². The minimum atomic E-state index is 0.822. The first-order chi connectivity index (χ1) is 12.4. The molecule has 0 spiro atoms. The summed E-state index contributed by atoms with van der Waals surface area (Å²) in [5, 5.41) is 8.60. The van der Waals surface area contributed by atoms with Crippen molar-refractivity contribution >= 4 is 38.3 Å². The second-order valence-corrected chi connectivity index (χ2v) is 7.12. The molecule has 4 heterocycles. The van der Waals surface area contributed by atoms with Gasteiger partial charge in [0.15, 0.2) is 5.58 Å². The largest absolute Gasteiger partial charge is 0.356 e. The van der Waals surface area contributed by atoms with Crippen molar-refractivity contribution in [1.29, 1.82) is 0 Å². The molecule has 25 heavy (non-hydrogen) atoms. The van der Waals surface area contributed by atoms with Gasteiger partial charge < -0.3 is 9.42 Å². The van der Waals surface area contributed by atoms with E-state index >= 15 is 0 Å². The molecule has 4 aromatic rings. The molecule has 0 amide bonds. The Bertz CT molecular complexity index is 1020. The number of thiophene rings is 1. The highest BCUT2D eigenvalue weighted by Gasteiger charge is 2.21. The Morgan fingerprint density at radius 3 is 2.80 bits per heavy atom. The maximum Gasteiger partial charge on any atom is 0.167 e. The molecule has 0 N–H and O–H groups in total. The van der Waals surface area contributed by atoms with Crippen molar-refractivity contribution in [3.8, 4) is 0 Å². The fourth-order valence-corrected chi connectivity index (χ4v) is 4.14. The van der Waals surface area contributed by atoms with Crippen molar-refractivity contribution in [2.75, 3.05) is 31.1 Å². The van der Waals surface area contributed by atoms with Gasteiger partial charge >= 0.3 is 0 Å². The van der Waals surface area contributed by atoms with Crippen LogP contribution in [0, 0.1) is 0 Å². The zero-order chi connectivity index (χ0) is 16.6. The summed E-state index contributed by atoms with van der Waals surface area (Å²) in [4.78, 5) is 14.7. The molecule has 1 aromatic carbocycles. The SMILES string of the molecule is c1ccc2c(CN3CCN(c4ncnc5sccc45)CC3)noc2c1. The highest BCUT2D eigenvalue weighted by Crippen LogP contribution is 2.27. The first kappa shape index (κ1) is 14.8. The maximum atomic E-state index is 5.42. The summed E-state index contributed by atoms with van der Waals surface area (Å²) in [6.45, 7) is 4.70. The van der Waals surface area contributed by atoms with Crippen molar-refractivity contribution in [1.82, 2.24) is 20.0 Å². The number of nitrogens with zero attached hydrogens (tertiary/aromatic N) is 5. The van der Waals surface area contributed by atoms with Crippen LogP contribution in [0.3, 0.4) is 0 Å². The number of hydrogen-bond donors (Lipinski definition) is 0. The molecular weight excluding hydrogens is 334 g/mol. The molecule has 5 rings (SSSR count). The molecule has 6 nitrogen and oxygen atoms in total. The monoisotopic (exact) mass is 351 g/mol. The van der Waals surface area contributed by atoms with Gasteiger partial charge in [0.05, 0.1) is 5.39 Å². The Morgan fingerprint density at radius 1 is 1.00 bits per heavy atom. The van der Waals surface area contributed by atoms with E-state index in [0.29, 0.717) is 0 Å². The number of para-hydroxylation sites is 1. The van der Waals surface area contributed by atoms with Crippen LogP contribution in [0.1, 0.15) is 5.69 Å². The maximum absolute atomic E-state index is 5.42. The van der Waals surface area contributed by atoms with E-state index < -0.39 is 0 Å². The number of benzene rings is 1. The van der Waals surface area contributed by atoms with Crippen molar-refractivity contribution < 1.29 is 4.52 Å². The van der Waals surface area contributed by atoms with Crippen LogP contribution in [-0.2, 0) is 6.54 Å². The van der Waals surface area contributed by atoms with Gasteiger partial charge in [0.2, 0.25) is 0 Å². The van der Waals surface area contributed by atoms with Gasteiger partial charge in [-0.3, -0.25) is 4.90 Å². The lowest BCUT2D eigenvalue weighted by Crippen LogP contribution is -2.46. The molecule has 1 saturated heterocycles. The van der Waals surface area contributed by atoms with Crippen LogP contribution in [-0.4, -0.2) is 46.2 Å². The van der Waals surface area contributed by atoms with Gasteiger partial charge in [-0.25, -0.2) is 9.97 Å². The Labute approximate surface area is 148 Å². The smallest absolute Gasteiger partial charge is 0.167 e. The van der Waals surface area contributed by atoms with E-state index in [1.807, 2.05) is 18.2 Å². The highest BCUT2D eigenvalue weighted by molar-refractivity contribution is 7.16. The predicted molar refractivity (Wildman–Crippen MR) is 98.9 cm³/mol. The summed E-state index contributed by atoms with van der Waals surface area (Å²) in [5.74, 6) is 1.05. The van der Waals surface area contributed by atoms with Gasteiger partial charge in [0.1, 0.15) is 22.7 Å². The molecule has 7 heteroatoms. The normalized spacial score (nSPS) is 16.1. The second kappa shape index (κ2) is 6.09. The molecule has 0 aliphatic carbocycles. The molecule has 1 aliphatic rings. The van der Waals surface area contributed by atoms with E-state index in [-0.39, 0.29) is 0 Å². The van der Waals surface area contributed by atoms with Crippen LogP contribution in [0.5, 0.6) is 0 Å². The number of rotatable bonds is 3. The lowest BCUT2D eigenvalue weighted by Gasteiger charge is -2.35. The molecule has 3 aromatic heterocycles. The Kier molecular flexibility index (Phi) is 3.61. The summed E-state index contributed by atoms with van der Waals surface area (Å²) in [6.07, 6.45) is 1.67. The zero-order valence-electron chi connectivity index (χ0n) is 13.6. The second-order valence-electron chi connectivity index (χ2n) is 6.23. The third-order valence-electron chi connectivity index (χ3n) is 4.74. The number of anilines is 1. The molecule has 0 radical (unpaired) electrons. The molecule has 1 aliphatic heterocycles. The van der Waals surface area contributed by atoms with E-state index in [1.54, 1.807) is 17.7 Å². The molecule has 1 fully saturated rings. The quantitative estimate of drug-likeness (QED) is 0.565. The molecular formula is C18H17N5OS. The summed E-state index contributed by atoms with van der Waals surface area (Å²) < 4.78 is 5.42. The van der Waals surface area contributed by atoms with Crippen molar-refractivity contribution in [2.45, 2.75) is 6.54 Å². The minimum Gasteiger partial charge on any atom is -0.356 e. The van der Waals surface area contributed by atoms with Gasteiger partial charge in [0.25, 0.3) is 0 Å². The van der Waals surface area contributed by atoms with Gasteiger partial charge in [-0.15, -0.1) is 11.3 Å². The summed E-state index contributed by atoms with van der Waals surface area (Å²) in [6, 6.07) is 10.2. The first-order valence-electron chi connectivity index (χ1n) is 8.37. The van der Waals surface area contributed by atoms with E-state index in [1.165, 1.54) is 0 Å². The Hall–Kier alpha value is -2.51. The summed E-state index contributed by atoms with van der Waals surface area (Å²) >= 11 is 1.66.